The van der Waals surface area contributed by atoms with E-state index in [9.17, 15) is 4.79 Å². The third kappa shape index (κ3) is 3.06. The summed E-state index contributed by atoms with van der Waals surface area (Å²) in [5.74, 6) is 0. The van der Waals surface area contributed by atoms with Gasteiger partial charge >= 0.3 is 5.63 Å². The van der Waals surface area contributed by atoms with Crippen LogP contribution < -0.4 is 5.63 Å². The molecule has 0 bridgehead atoms. The molecule has 0 fully saturated rings. The van der Waals surface area contributed by atoms with E-state index in [0.29, 0.717) is 12.6 Å². The van der Waals surface area contributed by atoms with E-state index >= 15 is 0 Å². The standard InChI is InChI=1S/C19H26N2O2/c1-12-8-16-15-6-7-21(10-14(3)20(4)5)11-17(15)19(22)23-18(16)9-13(12)2/h8-9,14H,6-7,10-11H2,1-5H3. The Hall–Kier alpha value is -1.65. The minimum atomic E-state index is -0.169. The minimum Gasteiger partial charge on any atom is -0.422 e. The number of nitrogens with zero attached hydrogens (tertiary/aromatic N) is 2. The molecule has 1 aliphatic heterocycles. The first-order valence-electron chi connectivity index (χ1n) is 8.31. The monoisotopic (exact) mass is 314 g/mol. The first-order chi connectivity index (χ1) is 10.9. The van der Waals surface area contributed by atoms with Gasteiger partial charge in [-0.3, -0.25) is 4.90 Å². The van der Waals surface area contributed by atoms with Crippen LogP contribution in [0.15, 0.2) is 21.3 Å². The fourth-order valence-corrected chi connectivity index (χ4v) is 3.27. The van der Waals surface area contributed by atoms with E-state index in [4.69, 9.17) is 4.42 Å². The van der Waals surface area contributed by atoms with Crippen molar-refractivity contribution >= 4 is 11.0 Å². The highest BCUT2D eigenvalue weighted by Crippen LogP contribution is 2.27. The van der Waals surface area contributed by atoms with Crippen LogP contribution in [0, 0.1) is 13.8 Å². The Morgan fingerprint density at radius 2 is 1.91 bits per heavy atom. The van der Waals surface area contributed by atoms with Gasteiger partial charge in [0.15, 0.2) is 0 Å². The molecule has 4 heteroatoms. The quantitative estimate of drug-likeness (QED) is 0.816. The normalized spacial score (nSPS) is 16.8. The van der Waals surface area contributed by atoms with Crippen LogP contribution in [-0.4, -0.2) is 43.0 Å². The average Bonchev–Trinajstić information content (AvgIpc) is 2.49. The molecule has 0 radical (unpaired) electrons. The molecule has 124 valence electrons. The number of aryl methyl sites for hydroxylation is 2. The van der Waals surface area contributed by atoms with Gasteiger partial charge in [0.25, 0.3) is 0 Å². The summed E-state index contributed by atoms with van der Waals surface area (Å²) >= 11 is 0. The Bertz CT molecular complexity index is 792. The van der Waals surface area contributed by atoms with Gasteiger partial charge in [0.05, 0.1) is 5.56 Å². The van der Waals surface area contributed by atoms with Gasteiger partial charge in [0.1, 0.15) is 5.58 Å². The van der Waals surface area contributed by atoms with Crippen LogP contribution in [0.2, 0.25) is 0 Å². The van der Waals surface area contributed by atoms with Gasteiger partial charge in [-0.05, 0) is 70.1 Å². The van der Waals surface area contributed by atoms with Crippen LogP contribution in [-0.2, 0) is 13.0 Å². The van der Waals surface area contributed by atoms with E-state index in [1.807, 2.05) is 6.07 Å². The van der Waals surface area contributed by atoms with Crippen molar-refractivity contribution in [2.24, 2.45) is 0 Å². The number of rotatable bonds is 3. The molecule has 1 atom stereocenters. The SMILES string of the molecule is Cc1cc2oc(=O)c3c(c2cc1C)CCN(CC(C)N(C)C)C3. The van der Waals surface area contributed by atoms with E-state index in [1.165, 1.54) is 11.1 Å². The fourth-order valence-electron chi connectivity index (χ4n) is 3.27. The minimum absolute atomic E-state index is 0.169. The molecule has 0 amide bonds. The molecule has 0 N–H and O–H groups in total. The van der Waals surface area contributed by atoms with E-state index in [1.54, 1.807) is 0 Å². The van der Waals surface area contributed by atoms with E-state index < -0.39 is 0 Å². The maximum absolute atomic E-state index is 12.4. The Kier molecular flexibility index (Phi) is 4.30. The number of hydrogen-bond donors (Lipinski definition) is 0. The lowest BCUT2D eigenvalue weighted by Gasteiger charge is -2.32. The second-order valence-electron chi connectivity index (χ2n) is 7.08. The lowest BCUT2D eigenvalue weighted by molar-refractivity contribution is 0.179. The molecule has 2 aromatic rings. The van der Waals surface area contributed by atoms with E-state index in [-0.39, 0.29) is 5.63 Å². The zero-order valence-electron chi connectivity index (χ0n) is 14.8. The highest BCUT2D eigenvalue weighted by atomic mass is 16.4. The van der Waals surface area contributed by atoms with Crippen LogP contribution in [0.3, 0.4) is 0 Å². The molecule has 1 aliphatic rings. The molecule has 1 unspecified atom stereocenters. The summed E-state index contributed by atoms with van der Waals surface area (Å²) in [5, 5.41) is 1.11. The summed E-state index contributed by atoms with van der Waals surface area (Å²) in [6.45, 7) is 9.04. The summed E-state index contributed by atoms with van der Waals surface area (Å²) in [7, 11) is 4.19. The van der Waals surface area contributed by atoms with Crippen molar-refractivity contribution < 1.29 is 4.42 Å². The molecule has 3 rings (SSSR count). The lowest BCUT2D eigenvalue weighted by Crippen LogP contribution is -2.42. The molecule has 0 aliphatic carbocycles. The van der Waals surface area contributed by atoms with Gasteiger partial charge in [-0.15, -0.1) is 0 Å². The Morgan fingerprint density at radius 1 is 1.22 bits per heavy atom. The first-order valence-corrected chi connectivity index (χ1v) is 8.31. The summed E-state index contributed by atoms with van der Waals surface area (Å²) in [6.07, 6.45) is 0.917. The lowest BCUT2D eigenvalue weighted by atomic mass is 9.95. The fraction of sp³-hybridized carbons (Fsp3) is 0.526. The highest BCUT2D eigenvalue weighted by molar-refractivity contribution is 5.83. The van der Waals surface area contributed by atoms with Gasteiger partial charge in [-0.25, -0.2) is 4.79 Å². The number of benzene rings is 1. The van der Waals surface area contributed by atoms with Crippen molar-refractivity contribution in [1.82, 2.24) is 9.80 Å². The Labute approximate surface area is 137 Å². The second kappa shape index (κ2) is 6.10. The van der Waals surface area contributed by atoms with Crippen molar-refractivity contribution in [2.45, 2.75) is 39.8 Å². The third-order valence-corrected chi connectivity index (χ3v) is 5.20. The average molecular weight is 314 g/mol. The smallest absolute Gasteiger partial charge is 0.341 e. The zero-order valence-corrected chi connectivity index (χ0v) is 14.8. The van der Waals surface area contributed by atoms with Crippen LogP contribution >= 0.6 is 0 Å². The summed E-state index contributed by atoms with van der Waals surface area (Å²) in [4.78, 5) is 17.0. The van der Waals surface area contributed by atoms with Crippen molar-refractivity contribution in [3.8, 4) is 0 Å². The summed E-state index contributed by atoms with van der Waals surface area (Å²) in [5.41, 5.74) is 5.01. The van der Waals surface area contributed by atoms with Crippen molar-refractivity contribution in [1.29, 1.82) is 0 Å². The molecule has 0 saturated carbocycles. The van der Waals surface area contributed by atoms with E-state index in [2.05, 4.69) is 50.7 Å². The van der Waals surface area contributed by atoms with Crippen LogP contribution in [0.1, 0.15) is 29.2 Å². The molecule has 4 nitrogen and oxygen atoms in total. The maximum Gasteiger partial charge on any atom is 0.341 e. The van der Waals surface area contributed by atoms with E-state index in [0.717, 1.165) is 41.6 Å². The number of fused-ring (bicyclic) bond motifs is 3. The van der Waals surface area contributed by atoms with Gasteiger partial charge in [0.2, 0.25) is 0 Å². The van der Waals surface area contributed by atoms with Gasteiger partial charge in [-0.1, -0.05) is 0 Å². The first kappa shape index (κ1) is 16.2. The predicted octanol–water partition coefficient (Wildman–Crippen LogP) is 2.72. The van der Waals surface area contributed by atoms with Crippen molar-refractivity contribution in [2.75, 3.05) is 27.2 Å². The molecule has 0 spiro atoms. The number of likely N-dealkylation sites (N-methyl/N-ethyl adjacent to an activating group) is 1. The molecule has 1 aromatic heterocycles. The summed E-state index contributed by atoms with van der Waals surface area (Å²) < 4.78 is 5.60. The highest BCUT2D eigenvalue weighted by Gasteiger charge is 2.24. The third-order valence-electron chi connectivity index (χ3n) is 5.20. The topological polar surface area (TPSA) is 36.7 Å². The molecule has 23 heavy (non-hydrogen) atoms. The largest absolute Gasteiger partial charge is 0.422 e. The van der Waals surface area contributed by atoms with Crippen molar-refractivity contribution in [3.63, 3.8) is 0 Å². The molecular formula is C19H26N2O2. The van der Waals surface area contributed by atoms with Crippen LogP contribution in [0.4, 0.5) is 0 Å². The summed E-state index contributed by atoms with van der Waals surface area (Å²) in [6, 6.07) is 4.63. The molecule has 2 heterocycles. The Morgan fingerprint density at radius 3 is 2.61 bits per heavy atom. The van der Waals surface area contributed by atoms with Gasteiger partial charge < -0.3 is 9.32 Å². The predicted molar refractivity (Wildman–Crippen MR) is 94.1 cm³/mol. The van der Waals surface area contributed by atoms with Crippen molar-refractivity contribution in [3.05, 3.63) is 44.8 Å². The number of hydrogen-bond acceptors (Lipinski definition) is 4. The Balaban J connectivity index is 1.99. The maximum atomic E-state index is 12.4. The second-order valence-corrected chi connectivity index (χ2v) is 7.08. The molecule has 0 saturated heterocycles. The molecular weight excluding hydrogens is 288 g/mol. The van der Waals surface area contributed by atoms with Gasteiger partial charge in [-0.2, -0.15) is 0 Å². The van der Waals surface area contributed by atoms with Crippen LogP contribution in [0.25, 0.3) is 11.0 Å². The molecule has 1 aromatic carbocycles. The van der Waals surface area contributed by atoms with Crippen LogP contribution in [0.5, 0.6) is 0 Å². The zero-order chi connectivity index (χ0) is 16.7. The van der Waals surface area contributed by atoms with Gasteiger partial charge in [0, 0.05) is 31.1 Å².